The number of carbonyl (C=O) groups excluding carboxylic acids is 1. The summed E-state index contributed by atoms with van der Waals surface area (Å²) >= 11 is 1.61. The molecule has 1 aliphatic rings. The molecule has 0 N–H and O–H groups in total. The minimum Gasteiger partial charge on any atom is -0.462 e. The molecule has 2 heterocycles. The van der Waals surface area contributed by atoms with E-state index in [1.807, 2.05) is 35.5 Å². The van der Waals surface area contributed by atoms with Gasteiger partial charge in [0, 0.05) is 42.7 Å². The molecule has 8 heteroatoms. The quantitative estimate of drug-likeness (QED) is 0.438. The minimum absolute atomic E-state index is 0.247. The molecular formula is C25H23FN4O2S. The molecule has 0 bridgehead atoms. The van der Waals surface area contributed by atoms with E-state index in [-0.39, 0.29) is 17.3 Å². The van der Waals surface area contributed by atoms with E-state index in [0.29, 0.717) is 24.3 Å². The first-order chi connectivity index (χ1) is 16.1. The zero-order valence-electron chi connectivity index (χ0n) is 18.1. The van der Waals surface area contributed by atoms with Gasteiger partial charge in [0.2, 0.25) is 0 Å². The summed E-state index contributed by atoms with van der Waals surface area (Å²) in [5.41, 5.74) is 4.04. The smallest absolute Gasteiger partial charge is 0.338 e. The van der Waals surface area contributed by atoms with Gasteiger partial charge in [0.1, 0.15) is 12.1 Å². The van der Waals surface area contributed by atoms with Crippen molar-refractivity contribution in [2.75, 3.05) is 11.5 Å². The standard InChI is InChI=1S/C25H23FN4O2S/c1-2-32-24(31)21-4-3-5-23(11-21)30-15-20(10-19-12-27-17-28-13-19)14-29-25(30)33-16-18-6-8-22(26)9-7-18/h3-9,11-15,17,25H,2,10,16H2,1H3. The Balaban J connectivity index is 1.59. The minimum atomic E-state index is -0.360. The van der Waals surface area contributed by atoms with E-state index in [4.69, 9.17) is 9.73 Å². The number of carbonyl (C=O) groups is 1. The van der Waals surface area contributed by atoms with Gasteiger partial charge in [-0.05, 0) is 54.0 Å². The van der Waals surface area contributed by atoms with E-state index < -0.39 is 0 Å². The van der Waals surface area contributed by atoms with Crippen LogP contribution in [0.3, 0.4) is 0 Å². The Bertz CT molecular complexity index is 1150. The molecule has 0 amide bonds. The zero-order valence-corrected chi connectivity index (χ0v) is 18.9. The predicted octanol–water partition coefficient (Wildman–Crippen LogP) is 5.03. The number of anilines is 1. The van der Waals surface area contributed by atoms with E-state index in [1.165, 1.54) is 18.5 Å². The molecule has 6 nitrogen and oxygen atoms in total. The number of halogens is 1. The average molecular weight is 463 g/mol. The van der Waals surface area contributed by atoms with Crippen molar-refractivity contribution < 1.29 is 13.9 Å². The molecule has 1 aliphatic heterocycles. The highest BCUT2D eigenvalue weighted by Gasteiger charge is 2.22. The molecule has 4 rings (SSSR count). The number of aromatic nitrogens is 2. The number of nitrogens with zero attached hydrogens (tertiary/aromatic N) is 4. The second kappa shape index (κ2) is 10.9. The number of aliphatic imine (C=N–C) groups is 1. The van der Waals surface area contributed by atoms with Crippen molar-refractivity contribution >= 4 is 29.6 Å². The van der Waals surface area contributed by atoms with Gasteiger partial charge in [-0.25, -0.2) is 19.2 Å². The lowest BCUT2D eigenvalue weighted by Crippen LogP contribution is -2.30. The summed E-state index contributed by atoms with van der Waals surface area (Å²) in [4.78, 5) is 27.2. The van der Waals surface area contributed by atoms with Crippen molar-refractivity contribution in [3.8, 4) is 0 Å². The van der Waals surface area contributed by atoms with Gasteiger partial charge in [0.05, 0.1) is 12.2 Å². The number of thioether (sulfide) groups is 1. The second-order valence-electron chi connectivity index (χ2n) is 7.35. The van der Waals surface area contributed by atoms with Crippen LogP contribution in [0.2, 0.25) is 0 Å². The molecule has 0 fully saturated rings. The number of esters is 1. The molecule has 0 saturated carbocycles. The van der Waals surface area contributed by atoms with Gasteiger partial charge < -0.3 is 9.64 Å². The number of allylic oxidation sites excluding steroid dienone is 1. The molecule has 1 aromatic heterocycles. The van der Waals surface area contributed by atoms with Gasteiger partial charge >= 0.3 is 5.97 Å². The van der Waals surface area contributed by atoms with Gasteiger partial charge in [0.25, 0.3) is 0 Å². The van der Waals surface area contributed by atoms with Crippen LogP contribution in [0, 0.1) is 5.82 Å². The highest BCUT2D eigenvalue weighted by molar-refractivity contribution is 7.99. The highest BCUT2D eigenvalue weighted by Crippen LogP contribution is 2.31. The van der Waals surface area contributed by atoms with E-state index in [9.17, 15) is 9.18 Å². The fourth-order valence-electron chi connectivity index (χ4n) is 3.34. The number of benzene rings is 2. The third-order valence-electron chi connectivity index (χ3n) is 4.90. The van der Waals surface area contributed by atoms with Crippen molar-refractivity contribution in [1.82, 2.24) is 9.97 Å². The molecule has 0 spiro atoms. The van der Waals surface area contributed by atoms with Crippen LogP contribution in [0.5, 0.6) is 0 Å². The molecular weight excluding hydrogens is 439 g/mol. The average Bonchev–Trinajstić information content (AvgIpc) is 2.85. The van der Waals surface area contributed by atoms with Crippen LogP contribution in [-0.4, -0.2) is 34.3 Å². The number of ether oxygens (including phenoxy) is 1. The fraction of sp³-hybridized carbons (Fsp3) is 0.200. The molecule has 3 aromatic rings. The van der Waals surface area contributed by atoms with Gasteiger partial charge in [-0.1, -0.05) is 18.2 Å². The van der Waals surface area contributed by atoms with Crippen LogP contribution >= 0.6 is 11.8 Å². The van der Waals surface area contributed by atoms with Crippen molar-refractivity contribution in [2.45, 2.75) is 24.6 Å². The largest absolute Gasteiger partial charge is 0.462 e. The van der Waals surface area contributed by atoms with Crippen molar-refractivity contribution in [1.29, 1.82) is 0 Å². The third-order valence-corrected chi connectivity index (χ3v) is 6.05. The third kappa shape index (κ3) is 6.04. The number of hydrogen-bond donors (Lipinski definition) is 0. The molecule has 0 saturated heterocycles. The highest BCUT2D eigenvalue weighted by atomic mass is 32.2. The first kappa shape index (κ1) is 22.7. The summed E-state index contributed by atoms with van der Waals surface area (Å²) in [6.45, 7) is 2.10. The maximum atomic E-state index is 13.3. The lowest BCUT2D eigenvalue weighted by molar-refractivity contribution is 0.0526. The monoisotopic (exact) mass is 462 g/mol. The van der Waals surface area contributed by atoms with Crippen LogP contribution in [0.4, 0.5) is 10.1 Å². The number of hydrogen-bond acceptors (Lipinski definition) is 7. The van der Waals surface area contributed by atoms with E-state index in [1.54, 1.807) is 49.3 Å². The second-order valence-corrected chi connectivity index (χ2v) is 8.39. The number of rotatable bonds is 8. The van der Waals surface area contributed by atoms with Gasteiger partial charge in [-0.15, -0.1) is 11.8 Å². The van der Waals surface area contributed by atoms with Crippen LogP contribution in [0.1, 0.15) is 28.4 Å². The van der Waals surface area contributed by atoms with Crippen molar-refractivity contribution in [3.63, 3.8) is 0 Å². The van der Waals surface area contributed by atoms with Crippen LogP contribution in [-0.2, 0) is 16.9 Å². The van der Waals surface area contributed by atoms with Gasteiger partial charge in [-0.3, -0.25) is 4.99 Å². The molecule has 1 atom stereocenters. The maximum Gasteiger partial charge on any atom is 0.338 e. The summed E-state index contributed by atoms with van der Waals surface area (Å²) < 4.78 is 18.4. The Morgan fingerprint density at radius 1 is 1.12 bits per heavy atom. The van der Waals surface area contributed by atoms with Crippen LogP contribution < -0.4 is 4.90 Å². The summed E-state index contributed by atoms with van der Waals surface area (Å²) in [5.74, 6) is 0.0433. The van der Waals surface area contributed by atoms with E-state index >= 15 is 0 Å². The molecule has 33 heavy (non-hydrogen) atoms. The first-order valence-electron chi connectivity index (χ1n) is 10.5. The summed E-state index contributed by atoms with van der Waals surface area (Å²) in [6, 6.07) is 13.8. The predicted molar refractivity (Wildman–Crippen MR) is 129 cm³/mol. The van der Waals surface area contributed by atoms with E-state index in [2.05, 4.69) is 9.97 Å². The normalized spacial score (nSPS) is 15.3. The summed E-state index contributed by atoms with van der Waals surface area (Å²) in [6.07, 6.45) is 9.59. The van der Waals surface area contributed by atoms with E-state index in [0.717, 1.165) is 22.4 Å². The SMILES string of the molecule is CCOC(=O)c1cccc(N2C=C(Cc3cncnc3)C=NC2SCc2ccc(F)cc2)c1. The molecule has 2 aromatic carbocycles. The Morgan fingerprint density at radius 2 is 1.91 bits per heavy atom. The lowest BCUT2D eigenvalue weighted by Gasteiger charge is -2.31. The molecule has 0 aliphatic carbocycles. The fourth-order valence-corrected chi connectivity index (χ4v) is 4.36. The van der Waals surface area contributed by atoms with Crippen LogP contribution in [0.25, 0.3) is 0 Å². The molecule has 168 valence electrons. The summed E-state index contributed by atoms with van der Waals surface area (Å²) in [7, 11) is 0. The Morgan fingerprint density at radius 3 is 2.67 bits per heavy atom. The summed E-state index contributed by atoms with van der Waals surface area (Å²) in [5, 5.41) is 0. The Labute approximate surface area is 196 Å². The van der Waals surface area contributed by atoms with Gasteiger partial charge in [-0.2, -0.15) is 0 Å². The topological polar surface area (TPSA) is 67.7 Å². The van der Waals surface area contributed by atoms with Crippen LogP contribution in [0.15, 0.2) is 84.0 Å². The van der Waals surface area contributed by atoms with Gasteiger partial charge in [0.15, 0.2) is 5.50 Å². The zero-order chi connectivity index (χ0) is 23.0. The molecule has 0 radical (unpaired) electrons. The van der Waals surface area contributed by atoms with Crippen molar-refractivity contribution in [2.24, 2.45) is 4.99 Å². The maximum absolute atomic E-state index is 13.3. The first-order valence-corrected chi connectivity index (χ1v) is 11.6. The van der Waals surface area contributed by atoms with Crippen molar-refractivity contribution in [3.05, 3.63) is 102 Å². The lowest BCUT2D eigenvalue weighted by atomic mass is 10.1. The Kier molecular flexibility index (Phi) is 7.47. The Hall–Kier alpha value is -3.52. The molecule has 1 unspecified atom stereocenters.